The predicted octanol–water partition coefficient (Wildman–Crippen LogP) is 1.26. The number of alkyl halides is 3. The minimum absolute atomic E-state index is 0.0784. The summed E-state index contributed by atoms with van der Waals surface area (Å²) in [4.78, 5) is 21.2. The molecule has 0 heterocycles. The van der Waals surface area contributed by atoms with Gasteiger partial charge in [-0.15, -0.1) is 0 Å². The van der Waals surface area contributed by atoms with Crippen LogP contribution in [0, 0.1) is 0 Å². The molecule has 4 nitrogen and oxygen atoms in total. The third kappa shape index (κ3) is 8.39. The molecule has 1 amide bonds. The van der Waals surface area contributed by atoms with Gasteiger partial charge in [-0.2, -0.15) is 24.9 Å². The van der Waals surface area contributed by atoms with Crippen LogP contribution in [-0.4, -0.2) is 40.7 Å². The molecule has 0 aromatic rings. The Kier molecular flexibility index (Phi) is 6.24. The Balaban J connectivity index is 3.86. The molecular formula is C8H12F3NO3S. The molecule has 8 heteroatoms. The van der Waals surface area contributed by atoms with E-state index in [0.717, 1.165) is 18.7 Å². The van der Waals surface area contributed by atoms with Crippen LogP contribution in [0.2, 0.25) is 0 Å². The molecule has 0 aromatic carbocycles. The number of carbonyl (C=O) groups excluding carboxylic acids is 1. The van der Waals surface area contributed by atoms with E-state index in [1.165, 1.54) is 0 Å². The lowest BCUT2D eigenvalue weighted by atomic mass is 10.3. The van der Waals surface area contributed by atoms with Crippen molar-refractivity contribution in [3.63, 3.8) is 0 Å². The van der Waals surface area contributed by atoms with E-state index in [9.17, 15) is 22.8 Å². The molecule has 1 atom stereocenters. The van der Waals surface area contributed by atoms with Gasteiger partial charge in [0.15, 0.2) is 0 Å². The number of aliphatic carboxylic acids is 1. The molecule has 0 spiro atoms. The summed E-state index contributed by atoms with van der Waals surface area (Å²) >= 11 is 0.843. The number of rotatable bonds is 6. The summed E-state index contributed by atoms with van der Waals surface area (Å²) in [7, 11) is 0. The smallest absolute Gasteiger partial charge is 0.389 e. The van der Waals surface area contributed by atoms with Crippen LogP contribution in [0.25, 0.3) is 0 Å². The number of amides is 1. The fourth-order valence-electron chi connectivity index (χ4n) is 0.809. The van der Waals surface area contributed by atoms with E-state index in [1.54, 1.807) is 0 Å². The van der Waals surface area contributed by atoms with Crippen molar-refractivity contribution in [1.82, 2.24) is 5.32 Å². The van der Waals surface area contributed by atoms with Crippen molar-refractivity contribution in [3.05, 3.63) is 0 Å². The Hall–Kier alpha value is -0.920. The topological polar surface area (TPSA) is 66.4 Å². The van der Waals surface area contributed by atoms with Gasteiger partial charge in [0, 0.05) is 18.4 Å². The Bertz CT molecular complexity index is 257. The van der Waals surface area contributed by atoms with Gasteiger partial charge < -0.3 is 10.4 Å². The van der Waals surface area contributed by atoms with Gasteiger partial charge >= 0.3 is 12.1 Å². The van der Waals surface area contributed by atoms with Crippen LogP contribution in [-0.2, 0) is 9.59 Å². The van der Waals surface area contributed by atoms with Crippen molar-refractivity contribution in [1.29, 1.82) is 0 Å². The maximum absolute atomic E-state index is 11.7. The number of carboxylic acid groups (broad SMARTS) is 1. The first kappa shape index (κ1) is 15.1. The van der Waals surface area contributed by atoms with Crippen LogP contribution in [0.4, 0.5) is 13.2 Å². The molecule has 0 radical (unpaired) electrons. The number of hydrogen-bond donors (Lipinski definition) is 2. The molecule has 0 saturated carbocycles. The van der Waals surface area contributed by atoms with Crippen LogP contribution in [0.15, 0.2) is 0 Å². The van der Waals surface area contributed by atoms with Gasteiger partial charge in [-0.05, 0) is 0 Å². The summed E-state index contributed by atoms with van der Waals surface area (Å²) in [6.45, 7) is 1.15. The lowest BCUT2D eigenvalue weighted by Crippen LogP contribution is -2.41. The van der Waals surface area contributed by atoms with Gasteiger partial charge in [0.25, 0.3) is 0 Å². The molecule has 0 aliphatic carbocycles. The summed E-state index contributed by atoms with van der Waals surface area (Å²) in [5, 5.41) is 10.8. The number of thioether (sulfide) groups is 1. The summed E-state index contributed by atoms with van der Waals surface area (Å²) in [6.07, 6.45) is -5.20. The monoisotopic (exact) mass is 259 g/mol. The van der Waals surface area contributed by atoms with Gasteiger partial charge in [-0.3, -0.25) is 4.79 Å². The van der Waals surface area contributed by atoms with E-state index in [-0.39, 0.29) is 11.5 Å². The van der Waals surface area contributed by atoms with E-state index in [4.69, 9.17) is 5.11 Å². The molecule has 16 heavy (non-hydrogen) atoms. The second kappa shape index (κ2) is 6.62. The van der Waals surface area contributed by atoms with Crippen LogP contribution in [0.1, 0.15) is 13.3 Å². The minimum Gasteiger partial charge on any atom is -0.480 e. The zero-order valence-electron chi connectivity index (χ0n) is 8.50. The van der Waals surface area contributed by atoms with Gasteiger partial charge in [-0.25, -0.2) is 4.79 Å². The van der Waals surface area contributed by atoms with Crippen molar-refractivity contribution >= 4 is 23.6 Å². The first-order valence-electron chi connectivity index (χ1n) is 4.37. The van der Waals surface area contributed by atoms with Crippen LogP contribution in [0.5, 0.6) is 0 Å². The van der Waals surface area contributed by atoms with Crippen molar-refractivity contribution in [2.24, 2.45) is 0 Å². The lowest BCUT2D eigenvalue weighted by molar-refractivity contribution is -0.140. The lowest BCUT2D eigenvalue weighted by Gasteiger charge is -2.13. The molecule has 0 bridgehead atoms. The highest BCUT2D eigenvalue weighted by molar-refractivity contribution is 7.99. The second-order valence-corrected chi connectivity index (χ2v) is 4.18. The highest BCUT2D eigenvalue weighted by atomic mass is 32.2. The Morgan fingerprint density at radius 2 is 2.00 bits per heavy atom. The number of nitrogens with one attached hydrogen (secondary N) is 1. The molecular weight excluding hydrogens is 247 g/mol. The minimum atomic E-state index is -4.24. The third-order valence-electron chi connectivity index (χ3n) is 1.49. The zero-order chi connectivity index (χ0) is 12.8. The number of halogens is 3. The van der Waals surface area contributed by atoms with Gasteiger partial charge in [0.2, 0.25) is 5.91 Å². The average Bonchev–Trinajstić information content (AvgIpc) is 2.07. The largest absolute Gasteiger partial charge is 0.480 e. The fourth-order valence-corrected chi connectivity index (χ4v) is 1.81. The molecule has 0 unspecified atom stereocenters. The van der Waals surface area contributed by atoms with E-state index in [1.807, 2.05) is 0 Å². The van der Waals surface area contributed by atoms with E-state index in [2.05, 4.69) is 5.32 Å². The van der Waals surface area contributed by atoms with Gasteiger partial charge in [0.1, 0.15) is 6.04 Å². The van der Waals surface area contributed by atoms with E-state index in [0.29, 0.717) is 0 Å². The van der Waals surface area contributed by atoms with Gasteiger partial charge in [-0.1, -0.05) is 0 Å². The van der Waals surface area contributed by atoms with Gasteiger partial charge in [0.05, 0.1) is 6.42 Å². The highest BCUT2D eigenvalue weighted by Crippen LogP contribution is 2.22. The summed E-state index contributed by atoms with van der Waals surface area (Å²) in [6, 6.07) is -1.14. The molecule has 94 valence electrons. The first-order valence-corrected chi connectivity index (χ1v) is 5.52. The van der Waals surface area contributed by atoms with E-state index >= 15 is 0 Å². The number of hydrogen-bond acceptors (Lipinski definition) is 3. The Morgan fingerprint density at radius 3 is 2.38 bits per heavy atom. The molecule has 0 aliphatic rings. The van der Waals surface area contributed by atoms with Crippen molar-refractivity contribution in [2.45, 2.75) is 25.6 Å². The van der Waals surface area contributed by atoms with Crippen LogP contribution < -0.4 is 5.32 Å². The molecule has 0 aliphatic heterocycles. The van der Waals surface area contributed by atoms with Crippen LogP contribution in [0.3, 0.4) is 0 Å². The highest BCUT2D eigenvalue weighted by Gasteiger charge is 2.27. The average molecular weight is 259 g/mol. The zero-order valence-corrected chi connectivity index (χ0v) is 9.32. The SMILES string of the molecule is CC(=O)N[C@@H](CSCCC(F)(F)F)C(=O)O. The fraction of sp³-hybridized carbons (Fsp3) is 0.750. The summed E-state index contributed by atoms with van der Waals surface area (Å²) in [5.41, 5.74) is 0. The number of carbonyl (C=O) groups is 2. The standard InChI is InChI=1S/C8H12F3NO3S/c1-5(13)12-6(7(14)15)4-16-3-2-8(9,10)11/h6H,2-4H2,1H3,(H,12,13)(H,14,15)/t6-/m0/s1. The first-order chi connectivity index (χ1) is 7.22. The predicted molar refractivity (Wildman–Crippen MR) is 53.2 cm³/mol. The molecule has 2 N–H and O–H groups in total. The molecule has 0 rings (SSSR count). The summed E-state index contributed by atoms with van der Waals surface area (Å²) in [5.74, 6) is -2.07. The second-order valence-electron chi connectivity index (χ2n) is 3.03. The number of carboxylic acids is 1. The van der Waals surface area contributed by atoms with Crippen molar-refractivity contribution in [2.75, 3.05) is 11.5 Å². The maximum atomic E-state index is 11.7. The quantitative estimate of drug-likeness (QED) is 0.705. The van der Waals surface area contributed by atoms with Crippen molar-refractivity contribution < 1.29 is 27.9 Å². The Morgan fingerprint density at radius 1 is 1.44 bits per heavy atom. The van der Waals surface area contributed by atoms with E-state index < -0.39 is 30.5 Å². The third-order valence-corrected chi connectivity index (χ3v) is 2.55. The Labute approximate surface area is 94.6 Å². The van der Waals surface area contributed by atoms with Crippen LogP contribution >= 0.6 is 11.8 Å². The maximum Gasteiger partial charge on any atom is 0.389 e. The summed E-state index contributed by atoms with van der Waals surface area (Å²) < 4.78 is 35.2. The molecule has 0 aromatic heterocycles. The van der Waals surface area contributed by atoms with Crippen molar-refractivity contribution in [3.8, 4) is 0 Å². The molecule has 0 saturated heterocycles. The molecule has 0 fully saturated rings. The normalized spacial score (nSPS) is 13.2.